The van der Waals surface area contributed by atoms with Crippen LogP contribution in [0.25, 0.3) is 0 Å². The average Bonchev–Trinajstić information content (AvgIpc) is 2.47. The smallest absolute Gasteiger partial charge is 0.171 e. The normalized spacial score (nSPS) is 17.2. The van der Waals surface area contributed by atoms with Gasteiger partial charge in [-0.05, 0) is 52.9 Å². The molecule has 1 heterocycles. The lowest BCUT2D eigenvalue weighted by molar-refractivity contribution is 0.0685. The average molecular weight is 342 g/mol. The van der Waals surface area contributed by atoms with Crippen LogP contribution < -0.4 is 10.6 Å². The molecule has 1 aromatic rings. The molecule has 3 N–H and O–H groups in total. The molecule has 1 aromatic carbocycles. The molecular formula is C14H20BrN3O2. The van der Waals surface area contributed by atoms with Crippen molar-refractivity contribution in [3.05, 3.63) is 28.2 Å². The molecule has 1 aliphatic rings. The molecule has 1 saturated heterocycles. The Bertz CT molecular complexity index is 487. The molecule has 5 nitrogen and oxygen atoms in total. The summed E-state index contributed by atoms with van der Waals surface area (Å²) < 4.78 is 6.21. The Morgan fingerprint density at radius 2 is 2.20 bits per heavy atom. The lowest BCUT2D eigenvalue weighted by atomic mass is 9.99. The summed E-state index contributed by atoms with van der Waals surface area (Å²) in [6.07, 6.45) is 2.24. The lowest BCUT2D eigenvalue weighted by Crippen LogP contribution is -2.29. The van der Waals surface area contributed by atoms with E-state index in [2.05, 4.69) is 33.0 Å². The SMILES string of the molecule is CN(CC1CCOCC1)c1ccc(/C(N)=N/O)c(Br)c1. The first-order valence-corrected chi connectivity index (χ1v) is 7.47. The van der Waals surface area contributed by atoms with Gasteiger partial charge in [-0.1, -0.05) is 5.16 Å². The summed E-state index contributed by atoms with van der Waals surface area (Å²) in [5, 5.41) is 11.8. The topological polar surface area (TPSA) is 71.1 Å². The molecule has 0 saturated carbocycles. The number of rotatable bonds is 4. The van der Waals surface area contributed by atoms with Gasteiger partial charge in [0, 0.05) is 42.5 Å². The zero-order chi connectivity index (χ0) is 14.5. The van der Waals surface area contributed by atoms with Crippen LogP contribution in [0, 0.1) is 5.92 Å². The maximum Gasteiger partial charge on any atom is 0.171 e. The van der Waals surface area contributed by atoms with E-state index < -0.39 is 0 Å². The molecule has 2 rings (SSSR count). The van der Waals surface area contributed by atoms with Crippen LogP contribution in [0.15, 0.2) is 27.8 Å². The van der Waals surface area contributed by atoms with Crippen LogP contribution in [-0.2, 0) is 4.74 Å². The number of hydrogen-bond acceptors (Lipinski definition) is 4. The third kappa shape index (κ3) is 3.64. The van der Waals surface area contributed by atoms with Gasteiger partial charge in [-0.3, -0.25) is 0 Å². The molecule has 1 fully saturated rings. The monoisotopic (exact) mass is 341 g/mol. The summed E-state index contributed by atoms with van der Waals surface area (Å²) >= 11 is 3.46. The number of hydrogen-bond donors (Lipinski definition) is 2. The van der Waals surface area contributed by atoms with Crippen molar-refractivity contribution in [2.24, 2.45) is 16.8 Å². The van der Waals surface area contributed by atoms with Crippen LogP contribution in [-0.4, -0.2) is 37.8 Å². The highest BCUT2D eigenvalue weighted by Gasteiger charge is 2.16. The van der Waals surface area contributed by atoms with Crippen LogP contribution in [0.5, 0.6) is 0 Å². The summed E-state index contributed by atoms with van der Waals surface area (Å²) in [4.78, 5) is 2.23. The van der Waals surface area contributed by atoms with E-state index in [0.717, 1.165) is 42.8 Å². The molecule has 0 aliphatic carbocycles. The van der Waals surface area contributed by atoms with Gasteiger partial charge in [0.1, 0.15) is 0 Å². The van der Waals surface area contributed by atoms with Crippen molar-refractivity contribution in [2.75, 3.05) is 31.7 Å². The van der Waals surface area contributed by atoms with Crippen LogP contribution >= 0.6 is 15.9 Å². The highest BCUT2D eigenvalue weighted by Crippen LogP contribution is 2.25. The minimum Gasteiger partial charge on any atom is -0.409 e. The maximum absolute atomic E-state index is 8.73. The third-order valence-electron chi connectivity index (χ3n) is 3.65. The zero-order valence-electron chi connectivity index (χ0n) is 11.6. The highest BCUT2D eigenvalue weighted by atomic mass is 79.9. The molecule has 110 valence electrons. The van der Waals surface area contributed by atoms with Gasteiger partial charge in [0.2, 0.25) is 0 Å². The van der Waals surface area contributed by atoms with Crippen LogP contribution in [0.3, 0.4) is 0 Å². The van der Waals surface area contributed by atoms with E-state index in [-0.39, 0.29) is 5.84 Å². The van der Waals surface area contributed by atoms with Crippen molar-refractivity contribution >= 4 is 27.5 Å². The van der Waals surface area contributed by atoms with Gasteiger partial charge < -0.3 is 20.6 Å². The lowest BCUT2D eigenvalue weighted by Gasteiger charge is -2.28. The second-order valence-corrected chi connectivity index (χ2v) is 5.94. The molecule has 6 heteroatoms. The van der Waals surface area contributed by atoms with Crippen LogP contribution in [0.2, 0.25) is 0 Å². The largest absolute Gasteiger partial charge is 0.409 e. The van der Waals surface area contributed by atoms with Gasteiger partial charge in [0.15, 0.2) is 5.84 Å². The van der Waals surface area contributed by atoms with E-state index in [1.807, 2.05) is 18.2 Å². The van der Waals surface area contributed by atoms with E-state index in [4.69, 9.17) is 15.7 Å². The second kappa shape index (κ2) is 6.95. The van der Waals surface area contributed by atoms with Gasteiger partial charge in [-0.15, -0.1) is 0 Å². The number of benzene rings is 1. The van der Waals surface area contributed by atoms with Crippen molar-refractivity contribution < 1.29 is 9.94 Å². The number of ether oxygens (including phenoxy) is 1. The van der Waals surface area contributed by atoms with Crippen molar-refractivity contribution in [2.45, 2.75) is 12.8 Å². The van der Waals surface area contributed by atoms with E-state index in [1.165, 1.54) is 0 Å². The fourth-order valence-corrected chi connectivity index (χ4v) is 2.99. The summed E-state index contributed by atoms with van der Waals surface area (Å²) in [6, 6.07) is 5.83. The second-order valence-electron chi connectivity index (χ2n) is 5.09. The summed E-state index contributed by atoms with van der Waals surface area (Å²) in [7, 11) is 2.08. The molecule has 0 aromatic heterocycles. The van der Waals surface area contributed by atoms with Gasteiger partial charge in [0.05, 0.1) is 0 Å². The van der Waals surface area contributed by atoms with Crippen molar-refractivity contribution in [3.63, 3.8) is 0 Å². The Balaban J connectivity index is 2.06. The molecule has 0 spiro atoms. The Morgan fingerprint density at radius 1 is 1.50 bits per heavy atom. The molecule has 0 radical (unpaired) electrons. The number of anilines is 1. The number of oxime groups is 1. The predicted octanol–water partition coefficient (Wildman–Crippen LogP) is 2.41. The van der Waals surface area contributed by atoms with E-state index in [0.29, 0.717) is 11.5 Å². The fraction of sp³-hybridized carbons (Fsp3) is 0.500. The fourth-order valence-electron chi connectivity index (χ4n) is 2.42. The zero-order valence-corrected chi connectivity index (χ0v) is 13.1. The number of nitrogens with two attached hydrogens (primary N) is 1. The minimum atomic E-state index is 0.107. The van der Waals surface area contributed by atoms with Crippen molar-refractivity contribution in [1.82, 2.24) is 0 Å². The summed E-state index contributed by atoms with van der Waals surface area (Å²) in [5.41, 5.74) is 7.41. The van der Waals surface area contributed by atoms with Crippen LogP contribution in [0.1, 0.15) is 18.4 Å². The standard InChI is InChI=1S/C14H20BrN3O2/c1-18(9-10-4-6-20-7-5-10)11-2-3-12(13(15)8-11)14(16)17-19/h2-3,8,10,19H,4-7,9H2,1H3,(H2,16,17). The maximum atomic E-state index is 8.73. The Morgan fingerprint density at radius 3 is 2.80 bits per heavy atom. The van der Waals surface area contributed by atoms with E-state index in [1.54, 1.807) is 0 Å². The van der Waals surface area contributed by atoms with Crippen molar-refractivity contribution in [1.29, 1.82) is 0 Å². The number of nitrogens with zero attached hydrogens (tertiary/aromatic N) is 2. The number of amidine groups is 1. The summed E-state index contributed by atoms with van der Waals surface area (Å²) in [6.45, 7) is 2.74. The molecule has 0 bridgehead atoms. The van der Waals surface area contributed by atoms with Gasteiger partial charge >= 0.3 is 0 Å². The third-order valence-corrected chi connectivity index (χ3v) is 4.31. The van der Waals surface area contributed by atoms with E-state index in [9.17, 15) is 0 Å². The minimum absolute atomic E-state index is 0.107. The quantitative estimate of drug-likeness (QED) is 0.382. The van der Waals surface area contributed by atoms with Crippen LogP contribution in [0.4, 0.5) is 5.69 Å². The summed E-state index contributed by atoms with van der Waals surface area (Å²) in [5.74, 6) is 0.784. The van der Waals surface area contributed by atoms with E-state index >= 15 is 0 Å². The first-order chi connectivity index (χ1) is 9.61. The molecule has 20 heavy (non-hydrogen) atoms. The van der Waals surface area contributed by atoms with Crippen molar-refractivity contribution in [3.8, 4) is 0 Å². The predicted molar refractivity (Wildman–Crippen MR) is 83.5 cm³/mol. The van der Waals surface area contributed by atoms with Gasteiger partial charge in [-0.2, -0.15) is 0 Å². The first kappa shape index (κ1) is 15.1. The first-order valence-electron chi connectivity index (χ1n) is 6.68. The Labute approximate surface area is 127 Å². The molecule has 0 amide bonds. The molecule has 1 aliphatic heterocycles. The molecule has 0 unspecified atom stereocenters. The van der Waals surface area contributed by atoms with Gasteiger partial charge in [0.25, 0.3) is 0 Å². The molecule has 0 atom stereocenters. The van der Waals surface area contributed by atoms with Gasteiger partial charge in [-0.25, -0.2) is 0 Å². The molecular weight excluding hydrogens is 322 g/mol. The highest BCUT2D eigenvalue weighted by molar-refractivity contribution is 9.10. The number of halogens is 1. The Kier molecular flexibility index (Phi) is 5.25. The Hall–Kier alpha value is -1.27.